The van der Waals surface area contributed by atoms with E-state index >= 15 is 0 Å². The zero-order valence-corrected chi connectivity index (χ0v) is 13.4. The highest BCUT2D eigenvalue weighted by Gasteiger charge is 2.24. The van der Waals surface area contributed by atoms with Crippen LogP contribution in [0.15, 0.2) is 40.6 Å². The van der Waals surface area contributed by atoms with Crippen LogP contribution in [0.1, 0.15) is 11.8 Å². The molecule has 0 bridgehead atoms. The summed E-state index contributed by atoms with van der Waals surface area (Å²) in [5.74, 6) is -2.08. The van der Waals surface area contributed by atoms with E-state index in [0.717, 1.165) is 28.8 Å². The standard InChI is InChI=1S/C15H15F2NO2S2/c1-15(20,13-3-2-6-21-13)9-18-14(19)8-22-10-4-5-11(16)12(17)7-10/h2-7,20H,8-9H2,1H3,(H,18,19). The maximum Gasteiger partial charge on any atom is 0.230 e. The number of nitrogens with one attached hydrogen (secondary N) is 1. The second-order valence-electron chi connectivity index (χ2n) is 4.89. The number of thiophene rings is 1. The molecule has 0 aliphatic rings. The molecule has 1 aromatic carbocycles. The monoisotopic (exact) mass is 343 g/mol. The number of hydrogen-bond acceptors (Lipinski definition) is 4. The van der Waals surface area contributed by atoms with Crippen LogP contribution in [-0.4, -0.2) is 23.3 Å². The molecule has 22 heavy (non-hydrogen) atoms. The molecule has 118 valence electrons. The molecule has 0 spiro atoms. The van der Waals surface area contributed by atoms with Gasteiger partial charge in [0.2, 0.25) is 5.91 Å². The topological polar surface area (TPSA) is 49.3 Å². The number of rotatable bonds is 6. The van der Waals surface area contributed by atoms with Gasteiger partial charge in [-0.05, 0) is 36.6 Å². The fourth-order valence-electron chi connectivity index (χ4n) is 1.71. The molecule has 0 saturated carbocycles. The largest absolute Gasteiger partial charge is 0.383 e. The minimum absolute atomic E-state index is 0.0611. The molecule has 1 atom stereocenters. The highest BCUT2D eigenvalue weighted by molar-refractivity contribution is 8.00. The normalized spacial score (nSPS) is 13.6. The van der Waals surface area contributed by atoms with Crippen LogP contribution < -0.4 is 5.32 Å². The number of thioether (sulfide) groups is 1. The Bertz CT molecular complexity index is 645. The van der Waals surface area contributed by atoms with E-state index in [4.69, 9.17) is 0 Å². The molecule has 0 aliphatic carbocycles. The van der Waals surface area contributed by atoms with Crippen molar-refractivity contribution in [2.24, 2.45) is 0 Å². The fraction of sp³-hybridized carbons (Fsp3) is 0.267. The Morgan fingerprint density at radius 2 is 2.14 bits per heavy atom. The lowest BCUT2D eigenvalue weighted by Crippen LogP contribution is -2.38. The van der Waals surface area contributed by atoms with Crippen LogP contribution in [0.2, 0.25) is 0 Å². The maximum absolute atomic E-state index is 13.0. The smallest absolute Gasteiger partial charge is 0.230 e. The van der Waals surface area contributed by atoms with E-state index in [1.807, 2.05) is 11.4 Å². The predicted molar refractivity (Wildman–Crippen MR) is 84.0 cm³/mol. The van der Waals surface area contributed by atoms with Crippen molar-refractivity contribution in [3.63, 3.8) is 0 Å². The molecule has 1 heterocycles. The van der Waals surface area contributed by atoms with Crippen LogP contribution in [0.3, 0.4) is 0 Å². The summed E-state index contributed by atoms with van der Waals surface area (Å²) in [6, 6.07) is 7.12. The number of benzene rings is 1. The van der Waals surface area contributed by atoms with Gasteiger partial charge in [-0.3, -0.25) is 4.79 Å². The van der Waals surface area contributed by atoms with Crippen LogP contribution in [0.4, 0.5) is 8.78 Å². The van der Waals surface area contributed by atoms with Crippen LogP contribution in [-0.2, 0) is 10.4 Å². The van der Waals surface area contributed by atoms with Crippen LogP contribution in [0.5, 0.6) is 0 Å². The van der Waals surface area contributed by atoms with Crippen molar-refractivity contribution >= 4 is 29.0 Å². The van der Waals surface area contributed by atoms with Gasteiger partial charge in [-0.25, -0.2) is 8.78 Å². The first kappa shape index (κ1) is 16.9. The van der Waals surface area contributed by atoms with E-state index in [9.17, 15) is 18.7 Å². The van der Waals surface area contributed by atoms with Crippen LogP contribution in [0.25, 0.3) is 0 Å². The second-order valence-corrected chi connectivity index (χ2v) is 6.89. The summed E-state index contributed by atoms with van der Waals surface area (Å²) < 4.78 is 25.8. The molecule has 0 radical (unpaired) electrons. The number of carbonyl (C=O) groups is 1. The lowest BCUT2D eigenvalue weighted by atomic mass is 10.1. The fourth-order valence-corrected chi connectivity index (χ4v) is 3.25. The van der Waals surface area contributed by atoms with Crippen molar-refractivity contribution in [1.82, 2.24) is 5.32 Å². The number of hydrogen-bond donors (Lipinski definition) is 2. The van der Waals surface area contributed by atoms with E-state index < -0.39 is 17.2 Å². The molecule has 1 aromatic heterocycles. The van der Waals surface area contributed by atoms with Crippen LogP contribution >= 0.6 is 23.1 Å². The lowest BCUT2D eigenvalue weighted by molar-refractivity contribution is -0.119. The van der Waals surface area contributed by atoms with Gasteiger partial charge in [0, 0.05) is 9.77 Å². The number of halogens is 2. The summed E-state index contributed by atoms with van der Waals surface area (Å²) in [5, 5.41) is 14.8. The molecule has 1 amide bonds. The zero-order chi connectivity index (χ0) is 16.2. The second kappa shape index (κ2) is 7.21. The molecule has 1 unspecified atom stereocenters. The SMILES string of the molecule is CC(O)(CNC(=O)CSc1ccc(F)c(F)c1)c1cccs1. The first-order valence-electron chi connectivity index (χ1n) is 6.49. The highest BCUT2D eigenvalue weighted by Crippen LogP contribution is 2.24. The van der Waals surface area contributed by atoms with E-state index in [-0.39, 0.29) is 18.2 Å². The molecule has 0 fully saturated rings. The Labute approximate surface area is 135 Å². The molecule has 2 N–H and O–H groups in total. The molecule has 0 saturated heterocycles. The Morgan fingerprint density at radius 3 is 2.77 bits per heavy atom. The van der Waals surface area contributed by atoms with Crippen molar-refractivity contribution in [2.75, 3.05) is 12.3 Å². The average molecular weight is 343 g/mol. The Morgan fingerprint density at radius 1 is 1.36 bits per heavy atom. The zero-order valence-electron chi connectivity index (χ0n) is 11.8. The van der Waals surface area contributed by atoms with Crippen molar-refractivity contribution in [3.8, 4) is 0 Å². The summed E-state index contributed by atoms with van der Waals surface area (Å²) >= 11 is 2.51. The first-order valence-corrected chi connectivity index (χ1v) is 8.36. The lowest BCUT2D eigenvalue weighted by Gasteiger charge is -2.22. The van der Waals surface area contributed by atoms with E-state index in [2.05, 4.69) is 5.32 Å². The summed E-state index contributed by atoms with van der Waals surface area (Å²) in [5.41, 5.74) is -1.13. The van der Waals surface area contributed by atoms with Gasteiger partial charge in [0.25, 0.3) is 0 Å². The summed E-state index contributed by atoms with van der Waals surface area (Å²) in [6.45, 7) is 1.71. The van der Waals surface area contributed by atoms with Gasteiger partial charge >= 0.3 is 0 Å². The minimum Gasteiger partial charge on any atom is -0.383 e. The van der Waals surface area contributed by atoms with E-state index in [1.165, 1.54) is 17.4 Å². The van der Waals surface area contributed by atoms with Crippen molar-refractivity contribution < 1.29 is 18.7 Å². The van der Waals surface area contributed by atoms with Crippen molar-refractivity contribution in [1.29, 1.82) is 0 Å². The average Bonchev–Trinajstić information content (AvgIpc) is 3.01. The number of aliphatic hydroxyl groups is 1. The van der Waals surface area contributed by atoms with Gasteiger partial charge in [0.15, 0.2) is 11.6 Å². The van der Waals surface area contributed by atoms with E-state index in [0.29, 0.717) is 4.90 Å². The van der Waals surface area contributed by atoms with Crippen molar-refractivity contribution in [2.45, 2.75) is 17.4 Å². The molecule has 7 heteroatoms. The highest BCUT2D eigenvalue weighted by atomic mass is 32.2. The number of carbonyl (C=O) groups excluding carboxylic acids is 1. The van der Waals surface area contributed by atoms with Crippen LogP contribution in [0, 0.1) is 11.6 Å². The molecular formula is C15H15F2NO2S2. The van der Waals surface area contributed by atoms with Gasteiger partial charge in [0.1, 0.15) is 5.60 Å². The molecule has 2 aromatic rings. The molecule has 3 nitrogen and oxygen atoms in total. The Balaban J connectivity index is 1.82. The van der Waals surface area contributed by atoms with Crippen molar-refractivity contribution in [3.05, 3.63) is 52.2 Å². The predicted octanol–water partition coefficient (Wildman–Crippen LogP) is 3.14. The third kappa shape index (κ3) is 4.53. The molecule has 0 aliphatic heterocycles. The van der Waals surface area contributed by atoms with Gasteiger partial charge in [-0.1, -0.05) is 6.07 Å². The Hall–Kier alpha value is -1.44. The molecule has 2 rings (SSSR count). The Kier molecular flexibility index (Phi) is 5.55. The maximum atomic E-state index is 13.0. The third-order valence-electron chi connectivity index (χ3n) is 2.94. The minimum atomic E-state index is -1.13. The van der Waals surface area contributed by atoms with Gasteiger partial charge < -0.3 is 10.4 Å². The third-order valence-corrected chi connectivity index (χ3v) is 5.06. The van der Waals surface area contributed by atoms with E-state index in [1.54, 1.807) is 13.0 Å². The van der Waals surface area contributed by atoms with Gasteiger partial charge in [-0.15, -0.1) is 23.1 Å². The summed E-state index contributed by atoms with van der Waals surface area (Å²) in [7, 11) is 0. The quantitative estimate of drug-likeness (QED) is 0.792. The molecular weight excluding hydrogens is 328 g/mol. The summed E-state index contributed by atoms with van der Waals surface area (Å²) in [4.78, 5) is 13.0. The summed E-state index contributed by atoms with van der Waals surface area (Å²) in [6.07, 6.45) is 0. The number of amides is 1. The van der Waals surface area contributed by atoms with Gasteiger partial charge in [-0.2, -0.15) is 0 Å². The van der Waals surface area contributed by atoms with Gasteiger partial charge in [0.05, 0.1) is 12.3 Å². The first-order chi connectivity index (χ1) is 10.4.